The second kappa shape index (κ2) is 9.07. The largest absolute Gasteiger partial charge is 0.460 e. The van der Waals surface area contributed by atoms with Crippen molar-refractivity contribution < 1.29 is 9.53 Å². The number of ether oxygens (including phenoxy) is 1. The van der Waals surface area contributed by atoms with Crippen LogP contribution in [-0.4, -0.2) is 11.6 Å². The Labute approximate surface area is 188 Å². The number of hydrogen-bond donors (Lipinski definition) is 0. The van der Waals surface area contributed by atoms with Crippen LogP contribution in [0.4, 0.5) is 0 Å². The first-order valence-corrected chi connectivity index (χ1v) is 11.5. The van der Waals surface area contributed by atoms with Gasteiger partial charge in [0.2, 0.25) is 0 Å². The summed E-state index contributed by atoms with van der Waals surface area (Å²) in [4.78, 5) is 14.3. The molecule has 0 saturated carbocycles. The van der Waals surface area contributed by atoms with Crippen LogP contribution in [0, 0.1) is 5.92 Å². The lowest BCUT2D eigenvalue weighted by molar-refractivity contribution is -0.159. The normalized spacial score (nSPS) is 12.6. The Morgan fingerprint density at radius 1 is 0.839 bits per heavy atom. The van der Waals surface area contributed by atoms with Crippen LogP contribution >= 0.6 is 11.3 Å². The summed E-state index contributed by atoms with van der Waals surface area (Å²) in [6, 6.07) is 29.4. The molecular weight excluding hydrogens is 400 g/mol. The Kier molecular flexibility index (Phi) is 6.24. The van der Waals surface area contributed by atoms with Crippen molar-refractivity contribution in [3.63, 3.8) is 0 Å². The molecular formula is C28H28O2S. The number of esters is 1. The van der Waals surface area contributed by atoms with Gasteiger partial charge in [-0.1, -0.05) is 72.8 Å². The predicted molar refractivity (Wildman–Crippen MR) is 130 cm³/mol. The standard InChI is InChI=1S/C28H28O2S/c1-28(2,3)30-27(29)24(19-25-18-23-11-7-8-12-26(23)31-25)17-20-13-15-22(16-14-20)21-9-5-4-6-10-21/h4-16,18,24H,17,19H2,1-3H3/t24-/m1/s1. The van der Waals surface area contributed by atoms with E-state index in [1.54, 1.807) is 11.3 Å². The van der Waals surface area contributed by atoms with Crippen molar-refractivity contribution in [3.8, 4) is 11.1 Å². The Morgan fingerprint density at radius 3 is 2.16 bits per heavy atom. The van der Waals surface area contributed by atoms with Gasteiger partial charge >= 0.3 is 5.97 Å². The second-order valence-electron chi connectivity index (χ2n) is 8.95. The molecule has 0 unspecified atom stereocenters. The van der Waals surface area contributed by atoms with Gasteiger partial charge < -0.3 is 4.74 Å². The zero-order valence-corrected chi connectivity index (χ0v) is 19.1. The zero-order chi connectivity index (χ0) is 21.8. The maximum atomic E-state index is 13.1. The fourth-order valence-electron chi connectivity index (χ4n) is 3.75. The summed E-state index contributed by atoms with van der Waals surface area (Å²) in [5, 5.41) is 1.23. The topological polar surface area (TPSA) is 26.3 Å². The molecule has 0 aliphatic heterocycles. The van der Waals surface area contributed by atoms with Crippen molar-refractivity contribution >= 4 is 27.4 Å². The molecule has 1 aromatic heterocycles. The molecule has 4 aromatic rings. The zero-order valence-electron chi connectivity index (χ0n) is 18.3. The third-order valence-electron chi connectivity index (χ3n) is 5.21. The maximum absolute atomic E-state index is 13.1. The molecule has 0 bridgehead atoms. The third kappa shape index (κ3) is 5.62. The number of benzene rings is 3. The second-order valence-corrected chi connectivity index (χ2v) is 10.1. The highest BCUT2D eigenvalue weighted by Crippen LogP contribution is 2.29. The number of carbonyl (C=O) groups excluding carboxylic acids is 1. The Morgan fingerprint density at radius 2 is 1.48 bits per heavy atom. The van der Waals surface area contributed by atoms with E-state index in [-0.39, 0.29) is 11.9 Å². The maximum Gasteiger partial charge on any atom is 0.310 e. The monoisotopic (exact) mass is 428 g/mol. The fraction of sp³-hybridized carbons (Fsp3) is 0.250. The highest BCUT2D eigenvalue weighted by Gasteiger charge is 2.26. The smallest absolute Gasteiger partial charge is 0.310 e. The van der Waals surface area contributed by atoms with Gasteiger partial charge in [-0.25, -0.2) is 0 Å². The van der Waals surface area contributed by atoms with Gasteiger partial charge in [0.05, 0.1) is 5.92 Å². The lowest BCUT2D eigenvalue weighted by Crippen LogP contribution is -2.30. The van der Waals surface area contributed by atoms with E-state index >= 15 is 0 Å². The van der Waals surface area contributed by atoms with Gasteiger partial charge in [0.15, 0.2) is 0 Å². The van der Waals surface area contributed by atoms with Crippen LogP contribution in [-0.2, 0) is 22.4 Å². The van der Waals surface area contributed by atoms with E-state index in [2.05, 4.69) is 66.7 Å². The van der Waals surface area contributed by atoms with Gasteiger partial charge in [0.1, 0.15) is 5.60 Å². The van der Waals surface area contributed by atoms with Crippen molar-refractivity contribution in [2.45, 2.75) is 39.2 Å². The molecule has 0 spiro atoms. The molecule has 0 saturated heterocycles. The highest BCUT2D eigenvalue weighted by molar-refractivity contribution is 7.19. The van der Waals surface area contributed by atoms with Crippen LogP contribution in [0.1, 0.15) is 31.2 Å². The van der Waals surface area contributed by atoms with Crippen molar-refractivity contribution in [1.29, 1.82) is 0 Å². The first-order valence-electron chi connectivity index (χ1n) is 10.7. The van der Waals surface area contributed by atoms with Gasteiger partial charge in [-0.3, -0.25) is 4.79 Å². The number of fused-ring (bicyclic) bond motifs is 1. The number of carbonyl (C=O) groups is 1. The van der Waals surface area contributed by atoms with E-state index in [0.717, 1.165) is 5.56 Å². The minimum atomic E-state index is -0.493. The summed E-state index contributed by atoms with van der Waals surface area (Å²) in [5.41, 5.74) is 3.04. The third-order valence-corrected chi connectivity index (χ3v) is 6.35. The van der Waals surface area contributed by atoms with E-state index in [0.29, 0.717) is 12.8 Å². The lowest BCUT2D eigenvalue weighted by Gasteiger charge is -2.24. The molecule has 0 fully saturated rings. The summed E-state index contributed by atoms with van der Waals surface area (Å²) >= 11 is 1.76. The van der Waals surface area contributed by atoms with Crippen LogP contribution in [0.3, 0.4) is 0 Å². The summed E-state index contributed by atoms with van der Waals surface area (Å²) in [5.74, 6) is -0.341. The summed E-state index contributed by atoms with van der Waals surface area (Å²) in [6.07, 6.45) is 1.35. The molecule has 158 valence electrons. The molecule has 3 heteroatoms. The minimum Gasteiger partial charge on any atom is -0.460 e. The molecule has 4 rings (SSSR count). The Bertz CT molecular complexity index is 1120. The van der Waals surface area contributed by atoms with E-state index in [1.165, 1.54) is 26.1 Å². The van der Waals surface area contributed by atoms with Crippen molar-refractivity contribution in [2.24, 2.45) is 5.92 Å². The molecule has 2 nitrogen and oxygen atoms in total. The number of rotatable bonds is 6. The molecule has 0 radical (unpaired) electrons. The molecule has 0 aliphatic carbocycles. The fourth-order valence-corrected chi connectivity index (χ4v) is 4.90. The summed E-state index contributed by atoms with van der Waals surface area (Å²) in [6.45, 7) is 5.78. The first kappa shape index (κ1) is 21.3. The van der Waals surface area contributed by atoms with Crippen molar-refractivity contribution in [2.75, 3.05) is 0 Å². The molecule has 1 heterocycles. The quantitative estimate of drug-likeness (QED) is 0.301. The van der Waals surface area contributed by atoms with E-state index in [1.807, 2.05) is 39.0 Å². The van der Waals surface area contributed by atoms with Crippen LogP contribution in [0.2, 0.25) is 0 Å². The van der Waals surface area contributed by atoms with Crippen LogP contribution in [0.5, 0.6) is 0 Å². The molecule has 31 heavy (non-hydrogen) atoms. The van der Waals surface area contributed by atoms with Crippen LogP contribution in [0.15, 0.2) is 84.9 Å². The van der Waals surface area contributed by atoms with E-state index in [4.69, 9.17) is 4.74 Å². The van der Waals surface area contributed by atoms with Crippen LogP contribution < -0.4 is 0 Å². The van der Waals surface area contributed by atoms with Crippen LogP contribution in [0.25, 0.3) is 21.2 Å². The summed E-state index contributed by atoms with van der Waals surface area (Å²) in [7, 11) is 0. The highest BCUT2D eigenvalue weighted by atomic mass is 32.1. The van der Waals surface area contributed by atoms with Gasteiger partial charge in [-0.2, -0.15) is 0 Å². The molecule has 0 amide bonds. The number of thiophene rings is 1. The average molecular weight is 429 g/mol. The predicted octanol–water partition coefficient (Wildman–Crippen LogP) is 7.31. The van der Waals surface area contributed by atoms with E-state index in [9.17, 15) is 4.79 Å². The molecule has 3 aromatic carbocycles. The van der Waals surface area contributed by atoms with E-state index < -0.39 is 5.60 Å². The molecule has 0 aliphatic rings. The SMILES string of the molecule is CC(C)(C)OC(=O)[C@H](Cc1ccc(-c2ccccc2)cc1)Cc1cc2ccccc2s1. The Balaban J connectivity index is 1.55. The van der Waals surface area contributed by atoms with Gasteiger partial charge in [0, 0.05) is 9.58 Å². The lowest BCUT2D eigenvalue weighted by atomic mass is 9.93. The minimum absolute atomic E-state index is 0.128. The van der Waals surface area contributed by atoms with Crippen molar-refractivity contribution in [3.05, 3.63) is 95.4 Å². The van der Waals surface area contributed by atoms with Crippen molar-refractivity contribution in [1.82, 2.24) is 0 Å². The summed E-state index contributed by atoms with van der Waals surface area (Å²) < 4.78 is 7.03. The van der Waals surface area contributed by atoms with Gasteiger partial charge in [-0.05, 0) is 67.8 Å². The molecule has 1 atom stereocenters. The number of hydrogen-bond acceptors (Lipinski definition) is 3. The first-order chi connectivity index (χ1) is 14.9. The molecule has 0 N–H and O–H groups in total. The van der Waals surface area contributed by atoms with Gasteiger partial charge in [-0.15, -0.1) is 11.3 Å². The average Bonchev–Trinajstić information content (AvgIpc) is 3.16. The Hall–Kier alpha value is -2.91. The van der Waals surface area contributed by atoms with Gasteiger partial charge in [0.25, 0.3) is 0 Å².